The highest BCUT2D eigenvalue weighted by Crippen LogP contribution is 2.25. The molecule has 4 aromatic carbocycles. The van der Waals surface area contributed by atoms with Gasteiger partial charge in [0, 0.05) is 24.6 Å². The number of benzene rings is 4. The molecule has 4 rings (SSSR count). The number of hydrogen-bond donors (Lipinski definition) is 1. The van der Waals surface area contributed by atoms with Crippen molar-refractivity contribution in [3.05, 3.63) is 132 Å². The molecular formula is C34H35F2N3O4S. The Hall–Kier alpha value is -4.57. The Labute approximate surface area is 257 Å². The Bertz CT molecular complexity index is 1650. The summed E-state index contributed by atoms with van der Waals surface area (Å²) in [6.45, 7) is 2.78. The molecule has 1 N–H and O–H groups in total. The molecule has 0 radical (unpaired) electrons. The molecule has 0 aliphatic heterocycles. The van der Waals surface area contributed by atoms with Crippen LogP contribution in [0.5, 0.6) is 0 Å². The lowest BCUT2D eigenvalue weighted by Crippen LogP contribution is -2.54. The van der Waals surface area contributed by atoms with Crippen LogP contribution in [0.4, 0.5) is 14.5 Å². The van der Waals surface area contributed by atoms with Crippen LogP contribution < -0.4 is 9.62 Å². The van der Waals surface area contributed by atoms with E-state index in [9.17, 15) is 26.8 Å². The number of hydrogen-bond acceptors (Lipinski definition) is 4. The molecule has 10 heteroatoms. The lowest BCUT2D eigenvalue weighted by Gasteiger charge is -2.34. The summed E-state index contributed by atoms with van der Waals surface area (Å²) in [6, 6.07) is 26.1. The third-order valence-electron chi connectivity index (χ3n) is 7.30. The van der Waals surface area contributed by atoms with Crippen molar-refractivity contribution in [2.45, 2.75) is 50.2 Å². The van der Waals surface area contributed by atoms with Gasteiger partial charge in [0.25, 0.3) is 10.0 Å². The van der Waals surface area contributed by atoms with Crippen LogP contribution in [-0.4, -0.2) is 43.8 Å². The largest absolute Gasteiger partial charge is 0.352 e. The van der Waals surface area contributed by atoms with Gasteiger partial charge < -0.3 is 10.2 Å². The molecule has 2 atom stereocenters. The normalized spacial score (nSPS) is 12.6. The van der Waals surface area contributed by atoms with Crippen molar-refractivity contribution in [1.29, 1.82) is 0 Å². The summed E-state index contributed by atoms with van der Waals surface area (Å²) in [5, 5.41) is 2.94. The van der Waals surface area contributed by atoms with Crippen LogP contribution in [0.1, 0.15) is 31.4 Å². The molecule has 0 fully saturated rings. The van der Waals surface area contributed by atoms with Crippen LogP contribution in [0.15, 0.2) is 114 Å². The molecule has 2 amide bonds. The van der Waals surface area contributed by atoms with Gasteiger partial charge in [0.15, 0.2) is 0 Å². The molecule has 0 saturated heterocycles. The zero-order chi connectivity index (χ0) is 31.7. The van der Waals surface area contributed by atoms with Gasteiger partial charge in [0.1, 0.15) is 24.2 Å². The Morgan fingerprint density at radius 3 is 2.02 bits per heavy atom. The zero-order valence-corrected chi connectivity index (χ0v) is 25.4. The number of sulfonamides is 1. The van der Waals surface area contributed by atoms with E-state index in [-0.39, 0.29) is 35.2 Å². The summed E-state index contributed by atoms with van der Waals surface area (Å²) in [5.74, 6) is -2.34. The first-order valence-corrected chi connectivity index (χ1v) is 15.7. The van der Waals surface area contributed by atoms with Crippen LogP contribution in [0.3, 0.4) is 0 Å². The van der Waals surface area contributed by atoms with Gasteiger partial charge in [0.05, 0.1) is 10.6 Å². The molecule has 0 aliphatic rings. The topological polar surface area (TPSA) is 86.8 Å². The molecule has 0 heterocycles. The maximum absolute atomic E-state index is 15.0. The van der Waals surface area contributed by atoms with E-state index in [4.69, 9.17) is 0 Å². The van der Waals surface area contributed by atoms with Gasteiger partial charge in [-0.2, -0.15) is 0 Å². The number of anilines is 1. The first-order valence-electron chi connectivity index (χ1n) is 14.3. The first kappa shape index (κ1) is 32.3. The highest BCUT2D eigenvalue weighted by molar-refractivity contribution is 7.92. The number of para-hydroxylation sites is 1. The van der Waals surface area contributed by atoms with Crippen molar-refractivity contribution in [3.63, 3.8) is 0 Å². The van der Waals surface area contributed by atoms with Crippen LogP contribution in [0.25, 0.3) is 0 Å². The van der Waals surface area contributed by atoms with Crippen molar-refractivity contribution in [1.82, 2.24) is 10.2 Å². The molecule has 230 valence electrons. The minimum Gasteiger partial charge on any atom is -0.352 e. The number of halogens is 2. The molecule has 0 spiro atoms. The monoisotopic (exact) mass is 619 g/mol. The summed E-state index contributed by atoms with van der Waals surface area (Å²) < 4.78 is 57.3. The molecule has 44 heavy (non-hydrogen) atoms. The van der Waals surface area contributed by atoms with E-state index in [1.165, 1.54) is 35.2 Å². The van der Waals surface area contributed by atoms with E-state index in [0.717, 1.165) is 34.1 Å². The van der Waals surface area contributed by atoms with Gasteiger partial charge in [-0.3, -0.25) is 13.9 Å². The summed E-state index contributed by atoms with van der Waals surface area (Å²) in [6.07, 6.45) is 0.752. The predicted molar refractivity (Wildman–Crippen MR) is 166 cm³/mol. The van der Waals surface area contributed by atoms with Crippen LogP contribution in [0, 0.1) is 11.6 Å². The maximum Gasteiger partial charge on any atom is 0.264 e. The zero-order valence-electron chi connectivity index (χ0n) is 24.6. The third kappa shape index (κ3) is 8.08. The molecule has 0 aromatic heterocycles. The highest BCUT2D eigenvalue weighted by Gasteiger charge is 2.35. The van der Waals surface area contributed by atoms with E-state index < -0.39 is 46.1 Å². The maximum atomic E-state index is 15.0. The number of nitrogens with zero attached hydrogens (tertiary/aromatic N) is 2. The van der Waals surface area contributed by atoms with Crippen molar-refractivity contribution in [3.8, 4) is 0 Å². The van der Waals surface area contributed by atoms with Crippen LogP contribution in [0.2, 0.25) is 0 Å². The molecule has 0 bridgehead atoms. The van der Waals surface area contributed by atoms with Crippen molar-refractivity contribution >= 4 is 27.5 Å². The van der Waals surface area contributed by atoms with Gasteiger partial charge >= 0.3 is 0 Å². The Kier molecular flexibility index (Phi) is 10.8. The second kappa shape index (κ2) is 14.7. The molecule has 0 aliphatic carbocycles. The molecule has 0 unspecified atom stereocenters. The number of amides is 2. The summed E-state index contributed by atoms with van der Waals surface area (Å²) >= 11 is 0. The van der Waals surface area contributed by atoms with E-state index in [1.54, 1.807) is 24.3 Å². The van der Waals surface area contributed by atoms with E-state index in [0.29, 0.717) is 6.42 Å². The fourth-order valence-corrected chi connectivity index (χ4v) is 6.08. The van der Waals surface area contributed by atoms with E-state index in [2.05, 4.69) is 5.32 Å². The Balaban J connectivity index is 1.80. The fourth-order valence-electron chi connectivity index (χ4n) is 4.66. The SMILES string of the molecule is CC[C@H](C)NC(=O)[C@H](Cc1ccccc1)N(Cc1ccccc1F)C(=O)CN(c1ccccc1)S(=O)(=O)c1ccc(F)cc1. The van der Waals surface area contributed by atoms with E-state index in [1.807, 2.05) is 44.2 Å². The van der Waals surface area contributed by atoms with Crippen LogP contribution >= 0.6 is 0 Å². The average molecular weight is 620 g/mol. The van der Waals surface area contributed by atoms with Crippen LogP contribution in [-0.2, 0) is 32.6 Å². The van der Waals surface area contributed by atoms with E-state index >= 15 is 0 Å². The first-order chi connectivity index (χ1) is 21.1. The van der Waals surface area contributed by atoms with Crippen molar-refractivity contribution < 1.29 is 26.8 Å². The summed E-state index contributed by atoms with van der Waals surface area (Å²) in [5.41, 5.74) is 1.13. The lowest BCUT2D eigenvalue weighted by atomic mass is 10.0. The summed E-state index contributed by atoms with van der Waals surface area (Å²) in [7, 11) is -4.36. The molecular weight excluding hydrogens is 584 g/mol. The Morgan fingerprint density at radius 2 is 1.41 bits per heavy atom. The second-order valence-electron chi connectivity index (χ2n) is 10.4. The number of carbonyl (C=O) groups is 2. The average Bonchev–Trinajstić information content (AvgIpc) is 3.03. The lowest BCUT2D eigenvalue weighted by molar-refractivity contribution is -0.140. The minimum atomic E-state index is -4.36. The van der Waals surface area contributed by atoms with Gasteiger partial charge in [-0.25, -0.2) is 17.2 Å². The molecule has 0 saturated carbocycles. The molecule has 7 nitrogen and oxygen atoms in total. The molecule has 4 aromatic rings. The number of carbonyl (C=O) groups excluding carboxylic acids is 2. The quantitative estimate of drug-likeness (QED) is 0.208. The van der Waals surface area contributed by atoms with Crippen molar-refractivity contribution in [2.24, 2.45) is 0 Å². The van der Waals surface area contributed by atoms with Gasteiger partial charge in [-0.1, -0.05) is 73.7 Å². The standard InChI is InChI=1S/C34H35F2N3O4S/c1-3-25(2)37-34(41)32(22-26-12-6-4-7-13-26)38(23-27-14-10-11-17-31(27)36)33(40)24-39(29-15-8-5-9-16-29)44(42,43)30-20-18-28(35)19-21-30/h4-21,25,32H,3,22-24H2,1-2H3,(H,37,41)/t25-,32-/m0/s1. The smallest absolute Gasteiger partial charge is 0.264 e. The predicted octanol–water partition coefficient (Wildman–Crippen LogP) is 5.71. The minimum absolute atomic E-state index is 0.110. The second-order valence-corrected chi connectivity index (χ2v) is 12.3. The van der Waals surface area contributed by atoms with Gasteiger partial charge in [-0.05, 0) is 61.4 Å². The van der Waals surface area contributed by atoms with Gasteiger partial charge in [-0.15, -0.1) is 0 Å². The summed E-state index contributed by atoms with van der Waals surface area (Å²) in [4.78, 5) is 29.1. The fraction of sp³-hybridized carbons (Fsp3) is 0.235. The van der Waals surface area contributed by atoms with Gasteiger partial charge in [0.2, 0.25) is 11.8 Å². The Morgan fingerprint density at radius 1 is 0.818 bits per heavy atom. The third-order valence-corrected chi connectivity index (χ3v) is 9.08. The van der Waals surface area contributed by atoms with Crippen molar-refractivity contribution in [2.75, 3.05) is 10.8 Å². The highest BCUT2D eigenvalue weighted by atomic mass is 32.2. The number of rotatable bonds is 13. The number of nitrogens with one attached hydrogen (secondary N) is 1.